The highest BCUT2D eigenvalue weighted by molar-refractivity contribution is 9.10. The van der Waals surface area contributed by atoms with Crippen LogP contribution in [0.15, 0.2) is 59.1 Å². The summed E-state index contributed by atoms with van der Waals surface area (Å²) >= 11 is 3.56. The summed E-state index contributed by atoms with van der Waals surface area (Å²) in [5.74, 6) is 1.46. The largest absolute Gasteiger partial charge is 0.481 e. The minimum Gasteiger partial charge on any atom is -0.481 e. The van der Waals surface area contributed by atoms with Gasteiger partial charge in [0.2, 0.25) is 11.8 Å². The molecule has 5 nitrogen and oxygen atoms in total. The second kappa shape index (κ2) is 10.0. The molecule has 2 aromatic carbocycles. The first-order chi connectivity index (χ1) is 15.5. The lowest BCUT2D eigenvalue weighted by Crippen LogP contribution is -2.44. The number of likely N-dealkylation sites (N-methyl/N-ethyl adjacent to an activating group) is 1. The normalized spacial score (nSPS) is 15.8. The van der Waals surface area contributed by atoms with E-state index < -0.39 is 0 Å². The number of rotatable bonds is 6. The maximum absolute atomic E-state index is 13.1. The van der Waals surface area contributed by atoms with Crippen LogP contribution < -0.4 is 4.74 Å². The van der Waals surface area contributed by atoms with Crippen LogP contribution in [0, 0.1) is 5.92 Å². The van der Waals surface area contributed by atoms with Crippen molar-refractivity contribution in [3.63, 3.8) is 0 Å². The molecule has 1 aliphatic heterocycles. The Morgan fingerprint density at radius 1 is 1.19 bits per heavy atom. The molecule has 0 radical (unpaired) electrons. The highest BCUT2D eigenvalue weighted by Gasteiger charge is 2.28. The summed E-state index contributed by atoms with van der Waals surface area (Å²) in [6.45, 7) is 4.29. The number of likely N-dealkylation sites (tertiary alicyclic amines) is 1. The fourth-order valence-corrected chi connectivity index (χ4v) is 4.85. The van der Waals surface area contributed by atoms with Crippen molar-refractivity contribution in [2.75, 3.05) is 33.8 Å². The molecule has 1 atom stereocenters. The SMILES string of the molecule is COc1nc2ccc(Br)cc2cc1C(c1ccccc1)N(C)CC(=O)N1CCC(C)CC1. The molecule has 4 rings (SSSR count). The molecule has 0 saturated carbocycles. The van der Waals surface area contributed by atoms with Crippen molar-refractivity contribution in [1.82, 2.24) is 14.8 Å². The van der Waals surface area contributed by atoms with Crippen molar-refractivity contribution >= 4 is 32.7 Å². The Balaban J connectivity index is 1.70. The molecule has 6 heteroatoms. The van der Waals surface area contributed by atoms with Crippen LogP contribution in [0.5, 0.6) is 5.88 Å². The first kappa shape index (κ1) is 22.7. The van der Waals surface area contributed by atoms with E-state index in [-0.39, 0.29) is 11.9 Å². The Kier molecular flexibility index (Phi) is 7.11. The van der Waals surface area contributed by atoms with E-state index in [2.05, 4.69) is 52.0 Å². The molecule has 0 aliphatic carbocycles. The van der Waals surface area contributed by atoms with Crippen LogP contribution >= 0.6 is 15.9 Å². The number of fused-ring (bicyclic) bond motifs is 1. The van der Waals surface area contributed by atoms with Crippen LogP contribution in [-0.4, -0.2) is 54.5 Å². The zero-order valence-electron chi connectivity index (χ0n) is 18.9. The van der Waals surface area contributed by atoms with Gasteiger partial charge in [-0.05, 0) is 55.6 Å². The molecule has 1 unspecified atom stereocenters. The van der Waals surface area contributed by atoms with Gasteiger partial charge in [0.25, 0.3) is 0 Å². The lowest BCUT2D eigenvalue weighted by Gasteiger charge is -2.34. The number of aromatic nitrogens is 1. The molecule has 1 amide bonds. The maximum Gasteiger partial charge on any atom is 0.236 e. The van der Waals surface area contributed by atoms with Crippen molar-refractivity contribution in [2.45, 2.75) is 25.8 Å². The van der Waals surface area contributed by atoms with Gasteiger partial charge in [-0.15, -0.1) is 0 Å². The van der Waals surface area contributed by atoms with E-state index in [0.717, 1.165) is 52.4 Å². The first-order valence-electron chi connectivity index (χ1n) is 11.1. The lowest BCUT2D eigenvalue weighted by atomic mass is 9.96. The number of nitrogens with zero attached hydrogens (tertiary/aromatic N) is 3. The molecule has 0 spiro atoms. The van der Waals surface area contributed by atoms with Crippen LogP contribution in [0.3, 0.4) is 0 Å². The molecule has 2 heterocycles. The van der Waals surface area contributed by atoms with Gasteiger partial charge in [0.05, 0.1) is 25.2 Å². The number of pyridine rings is 1. The smallest absolute Gasteiger partial charge is 0.236 e. The van der Waals surface area contributed by atoms with Crippen LogP contribution in [-0.2, 0) is 4.79 Å². The summed E-state index contributed by atoms with van der Waals surface area (Å²) in [5, 5.41) is 1.03. The number of benzene rings is 2. The summed E-state index contributed by atoms with van der Waals surface area (Å²) in [6.07, 6.45) is 2.16. The molecule has 168 valence electrons. The second-order valence-electron chi connectivity index (χ2n) is 8.72. The number of amides is 1. The molecule has 1 aliphatic rings. The average Bonchev–Trinajstić information content (AvgIpc) is 2.80. The number of ether oxygens (including phenoxy) is 1. The number of methoxy groups -OCH3 is 1. The van der Waals surface area contributed by atoms with Gasteiger partial charge >= 0.3 is 0 Å². The Morgan fingerprint density at radius 3 is 2.59 bits per heavy atom. The fourth-order valence-electron chi connectivity index (χ4n) is 4.47. The van der Waals surface area contributed by atoms with Gasteiger partial charge in [-0.25, -0.2) is 4.98 Å². The third-order valence-corrected chi connectivity index (χ3v) is 6.83. The van der Waals surface area contributed by atoms with Crippen molar-refractivity contribution in [2.24, 2.45) is 5.92 Å². The number of hydrogen-bond donors (Lipinski definition) is 0. The van der Waals surface area contributed by atoms with Crippen LogP contribution in [0.1, 0.15) is 36.9 Å². The average molecular weight is 496 g/mol. The van der Waals surface area contributed by atoms with E-state index in [9.17, 15) is 4.79 Å². The van der Waals surface area contributed by atoms with Crippen LogP contribution in [0.4, 0.5) is 0 Å². The minimum absolute atomic E-state index is 0.158. The molecular formula is C26H30BrN3O2. The third-order valence-electron chi connectivity index (χ3n) is 6.33. The van der Waals surface area contributed by atoms with Gasteiger partial charge < -0.3 is 9.64 Å². The van der Waals surface area contributed by atoms with E-state index in [0.29, 0.717) is 18.3 Å². The van der Waals surface area contributed by atoms with Crippen molar-refractivity contribution < 1.29 is 9.53 Å². The highest BCUT2D eigenvalue weighted by atomic mass is 79.9. The second-order valence-corrected chi connectivity index (χ2v) is 9.63. The maximum atomic E-state index is 13.1. The van der Waals surface area contributed by atoms with E-state index >= 15 is 0 Å². The highest BCUT2D eigenvalue weighted by Crippen LogP contribution is 2.35. The molecule has 3 aromatic rings. The van der Waals surface area contributed by atoms with E-state index in [1.807, 2.05) is 42.3 Å². The summed E-state index contributed by atoms with van der Waals surface area (Å²) in [6, 6.07) is 18.3. The quantitative estimate of drug-likeness (QED) is 0.466. The Hall–Kier alpha value is -2.44. The summed E-state index contributed by atoms with van der Waals surface area (Å²) < 4.78 is 6.73. The number of hydrogen-bond acceptors (Lipinski definition) is 4. The zero-order valence-corrected chi connectivity index (χ0v) is 20.5. The van der Waals surface area contributed by atoms with Gasteiger partial charge in [-0.1, -0.05) is 53.2 Å². The lowest BCUT2D eigenvalue weighted by molar-refractivity contribution is -0.133. The molecule has 32 heavy (non-hydrogen) atoms. The summed E-state index contributed by atoms with van der Waals surface area (Å²) in [4.78, 5) is 22.0. The molecule has 1 fully saturated rings. The standard InChI is InChI=1S/C26H30BrN3O2/c1-18-11-13-30(14-12-18)24(31)17-29(2)25(19-7-5-4-6-8-19)22-16-20-15-21(27)9-10-23(20)28-26(22)32-3/h4-10,15-16,18,25H,11-14,17H2,1-3H3. The van der Waals surface area contributed by atoms with Crippen LogP contribution in [0.2, 0.25) is 0 Å². The number of piperidine rings is 1. The molecule has 0 bridgehead atoms. The Bertz CT molecular complexity index is 1080. The first-order valence-corrected chi connectivity index (χ1v) is 11.9. The van der Waals surface area contributed by atoms with Crippen molar-refractivity contribution in [3.8, 4) is 5.88 Å². The molecule has 0 N–H and O–H groups in total. The van der Waals surface area contributed by atoms with E-state index in [4.69, 9.17) is 9.72 Å². The topological polar surface area (TPSA) is 45.7 Å². The minimum atomic E-state index is -0.158. The van der Waals surface area contributed by atoms with Crippen LogP contribution in [0.25, 0.3) is 10.9 Å². The van der Waals surface area contributed by atoms with Gasteiger partial charge in [-0.3, -0.25) is 9.69 Å². The monoisotopic (exact) mass is 495 g/mol. The van der Waals surface area contributed by atoms with Crippen molar-refractivity contribution in [1.29, 1.82) is 0 Å². The van der Waals surface area contributed by atoms with E-state index in [1.54, 1.807) is 7.11 Å². The molecule has 1 saturated heterocycles. The summed E-state index contributed by atoms with van der Waals surface area (Å²) in [7, 11) is 3.66. The predicted molar refractivity (Wildman–Crippen MR) is 132 cm³/mol. The van der Waals surface area contributed by atoms with E-state index in [1.165, 1.54) is 0 Å². The Morgan fingerprint density at radius 2 is 1.91 bits per heavy atom. The number of halogens is 1. The summed E-state index contributed by atoms with van der Waals surface area (Å²) in [5.41, 5.74) is 2.93. The fraction of sp³-hybridized carbons (Fsp3) is 0.385. The number of carbonyl (C=O) groups excluding carboxylic acids is 1. The van der Waals surface area contributed by atoms with Gasteiger partial charge in [0.1, 0.15) is 0 Å². The predicted octanol–water partition coefficient (Wildman–Crippen LogP) is 5.29. The van der Waals surface area contributed by atoms with Gasteiger partial charge in [0.15, 0.2) is 0 Å². The third kappa shape index (κ3) is 4.97. The van der Waals surface area contributed by atoms with Gasteiger partial charge in [-0.2, -0.15) is 0 Å². The van der Waals surface area contributed by atoms with Gasteiger partial charge in [0, 0.05) is 28.5 Å². The Labute approximate surface area is 198 Å². The van der Waals surface area contributed by atoms with Crippen molar-refractivity contribution in [3.05, 3.63) is 70.2 Å². The molecular weight excluding hydrogens is 466 g/mol. The zero-order chi connectivity index (χ0) is 22.7. The number of carbonyl (C=O) groups is 1. The molecule has 1 aromatic heterocycles.